The van der Waals surface area contributed by atoms with Gasteiger partial charge in [-0.05, 0) is 30.9 Å². The number of fused-ring (bicyclic) bond motifs is 1. The van der Waals surface area contributed by atoms with Crippen molar-refractivity contribution < 1.29 is 9.59 Å². The van der Waals surface area contributed by atoms with E-state index in [1.165, 1.54) is 6.42 Å². The zero-order chi connectivity index (χ0) is 20.1. The largest absolute Gasteiger partial charge is 0.346 e. The van der Waals surface area contributed by atoms with Crippen LogP contribution in [0.4, 0.5) is 5.69 Å². The molecule has 1 aromatic carbocycles. The van der Waals surface area contributed by atoms with E-state index >= 15 is 0 Å². The van der Waals surface area contributed by atoms with Gasteiger partial charge >= 0.3 is 0 Å². The van der Waals surface area contributed by atoms with Crippen molar-refractivity contribution in [1.82, 2.24) is 20.1 Å². The molecule has 8 nitrogen and oxygen atoms in total. The third kappa shape index (κ3) is 4.75. The maximum Gasteiger partial charge on any atom is 0.243 e. The SMILES string of the molecule is CC(C)[C@H](N)C(=O)NCC(=O)Nc1cccc(-c2nnc3n2CCCCC3)c1. The summed E-state index contributed by atoms with van der Waals surface area (Å²) in [7, 11) is 0. The van der Waals surface area contributed by atoms with Crippen LogP contribution in [0.25, 0.3) is 11.4 Å². The van der Waals surface area contributed by atoms with E-state index in [9.17, 15) is 9.59 Å². The Morgan fingerprint density at radius 2 is 2.04 bits per heavy atom. The number of benzene rings is 1. The number of nitrogens with two attached hydrogens (primary N) is 1. The summed E-state index contributed by atoms with van der Waals surface area (Å²) in [5.41, 5.74) is 7.34. The summed E-state index contributed by atoms with van der Waals surface area (Å²) in [6, 6.07) is 6.89. The van der Waals surface area contributed by atoms with Crippen molar-refractivity contribution in [2.75, 3.05) is 11.9 Å². The van der Waals surface area contributed by atoms with Crippen molar-refractivity contribution in [2.24, 2.45) is 11.7 Å². The van der Waals surface area contributed by atoms with E-state index in [4.69, 9.17) is 5.73 Å². The zero-order valence-corrected chi connectivity index (χ0v) is 16.4. The van der Waals surface area contributed by atoms with Gasteiger partial charge in [-0.15, -0.1) is 10.2 Å². The first kappa shape index (κ1) is 20.0. The van der Waals surface area contributed by atoms with Gasteiger partial charge in [0.1, 0.15) is 5.82 Å². The zero-order valence-electron chi connectivity index (χ0n) is 16.4. The second-order valence-corrected chi connectivity index (χ2v) is 7.52. The van der Waals surface area contributed by atoms with Gasteiger partial charge in [-0.3, -0.25) is 9.59 Å². The number of aromatic nitrogens is 3. The van der Waals surface area contributed by atoms with Crippen LogP contribution < -0.4 is 16.4 Å². The maximum atomic E-state index is 12.2. The molecule has 0 bridgehead atoms. The molecule has 0 aliphatic carbocycles. The van der Waals surface area contributed by atoms with Crippen molar-refractivity contribution in [3.05, 3.63) is 30.1 Å². The molecule has 2 amide bonds. The van der Waals surface area contributed by atoms with Crippen LogP contribution in [0.3, 0.4) is 0 Å². The third-order valence-electron chi connectivity index (χ3n) is 4.96. The normalized spacial score (nSPS) is 14.9. The molecule has 1 aliphatic heterocycles. The maximum absolute atomic E-state index is 12.2. The van der Waals surface area contributed by atoms with Crippen LogP contribution in [0.2, 0.25) is 0 Å². The molecule has 1 atom stereocenters. The number of carbonyl (C=O) groups is 2. The van der Waals surface area contributed by atoms with E-state index < -0.39 is 6.04 Å². The fraction of sp³-hybridized carbons (Fsp3) is 0.500. The first-order chi connectivity index (χ1) is 13.5. The number of aryl methyl sites for hydroxylation is 1. The monoisotopic (exact) mass is 384 g/mol. The Morgan fingerprint density at radius 1 is 1.21 bits per heavy atom. The number of nitrogens with one attached hydrogen (secondary N) is 2. The predicted molar refractivity (Wildman–Crippen MR) is 107 cm³/mol. The molecule has 3 rings (SSSR count). The summed E-state index contributed by atoms with van der Waals surface area (Å²) in [6.07, 6.45) is 4.40. The van der Waals surface area contributed by atoms with Gasteiger partial charge in [-0.2, -0.15) is 0 Å². The Bertz CT molecular complexity index is 845. The summed E-state index contributed by atoms with van der Waals surface area (Å²) < 4.78 is 2.17. The minimum absolute atomic E-state index is 0.0121. The average molecular weight is 384 g/mol. The van der Waals surface area contributed by atoms with Crippen LogP contribution in [0.15, 0.2) is 24.3 Å². The summed E-state index contributed by atoms with van der Waals surface area (Å²) in [4.78, 5) is 24.1. The van der Waals surface area contributed by atoms with Gasteiger partial charge in [0.25, 0.3) is 0 Å². The first-order valence-electron chi connectivity index (χ1n) is 9.81. The van der Waals surface area contributed by atoms with Gasteiger partial charge in [-0.25, -0.2) is 0 Å². The van der Waals surface area contributed by atoms with Gasteiger partial charge in [0.05, 0.1) is 12.6 Å². The van der Waals surface area contributed by atoms with Crippen molar-refractivity contribution in [3.63, 3.8) is 0 Å². The molecule has 2 heterocycles. The van der Waals surface area contributed by atoms with Crippen LogP contribution in [0.1, 0.15) is 38.9 Å². The number of rotatable bonds is 6. The molecule has 0 unspecified atom stereocenters. The first-order valence-corrected chi connectivity index (χ1v) is 9.81. The molecule has 1 aromatic heterocycles. The number of nitrogens with zero attached hydrogens (tertiary/aromatic N) is 3. The van der Waals surface area contributed by atoms with E-state index in [2.05, 4.69) is 25.4 Å². The third-order valence-corrected chi connectivity index (χ3v) is 4.96. The van der Waals surface area contributed by atoms with Gasteiger partial charge < -0.3 is 20.9 Å². The lowest BCUT2D eigenvalue weighted by atomic mass is 10.1. The Morgan fingerprint density at radius 3 is 2.82 bits per heavy atom. The molecule has 0 fully saturated rings. The number of hydrogen-bond donors (Lipinski definition) is 3. The Kier molecular flexibility index (Phi) is 6.41. The van der Waals surface area contributed by atoms with E-state index in [1.807, 2.05) is 38.1 Å². The summed E-state index contributed by atoms with van der Waals surface area (Å²) in [5.74, 6) is 1.22. The lowest BCUT2D eigenvalue weighted by Crippen LogP contribution is -2.46. The Hall–Kier alpha value is -2.74. The quantitative estimate of drug-likeness (QED) is 0.701. The van der Waals surface area contributed by atoms with Crippen molar-refractivity contribution in [3.8, 4) is 11.4 Å². The van der Waals surface area contributed by atoms with Crippen LogP contribution in [0.5, 0.6) is 0 Å². The fourth-order valence-corrected chi connectivity index (χ4v) is 3.23. The van der Waals surface area contributed by atoms with E-state index in [0.29, 0.717) is 5.69 Å². The number of hydrogen-bond acceptors (Lipinski definition) is 5. The average Bonchev–Trinajstić information content (AvgIpc) is 2.94. The second-order valence-electron chi connectivity index (χ2n) is 7.52. The van der Waals surface area contributed by atoms with Gasteiger partial charge in [0.15, 0.2) is 5.82 Å². The highest BCUT2D eigenvalue weighted by Gasteiger charge is 2.18. The highest BCUT2D eigenvalue weighted by molar-refractivity contribution is 5.95. The number of carbonyl (C=O) groups excluding carboxylic acids is 2. The molecule has 0 saturated heterocycles. The second kappa shape index (κ2) is 8.97. The topological polar surface area (TPSA) is 115 Å². The highest BCUT2D eigenvalue weighted by atomic mass is 16.2. The summed E-state index contributed by atoms with van der Waals surface area (Å²) in [6.45, 7) is 4.52. The van der Waals surface area contributed by atoms with Gasteiger partial charge in [0, 0.05) is 24.2 Å². The van der Waals surface area contributed by atoms with Crippen LogP contribution >= 0.6 is 0 Å². The number of amides is 2. The predicted octanol–water partition coefficient (Wildman–Crippen LogP) is 1.71. The standard InChI is InChI=1S/C20H28N6O2/c1-13(2)18(21)20(28)22-12-17(27)23-15-8-6-7-14(11-15)19-25-24-16-9-4-3-5-10-26(16)19/h6-8,11,13,18H,3-5,9-10,12,21H2,1-2H3,(H,22,28)(H,23,27)/t18-/m0/s1. The molecule has 0 saturated carbocycles. The number of anilines is 1. The van der Waals surface area contributed by atoms with Gasteiger partial charge in [0.2, 0.25) is 11.8 Å². The summed E-state index contributed by atoms with van der Waals surface area (Å²) >= 11 is 0. The summed E-state index contributed by atoms with van der Waals surface area (Å²) in [5, 5.41) is 14.1. The van der Waals surface area contributed by atoms with Gasteiger partial charge in [-0.1, -0.05) is 32.4 Å². The minimum atomic E-state index is -0.626. The Labute approximate surface area is 164 Å². The molecule has 0 radical (unpaired) electrons. The molecular formula is C20H28N6O2. The minimum Gasteiger partial charge on any atom is -0.346 e. The van der Waals surface area contributed by atoms with Crippen LogP contribution in [-0.2, 0) is 22.6 Å². The molecule has 0 spiro atoms. The van der Waals surface area contributed by atoms with E-state index in [0.717, 1.165) is 43.0 Å². The molecule has 8 heteroatoms. The lowest BCUT2D eigenvalue weighted by Gasteiger charge is -2.15. The van der Waals surface area contributed by atoms with Crippen LogP contribution in [0, 0.1) is 5.92 Å². The molecule has 4 N–H and O–H groups in total. The molecular weight excluding hydrogens is 356 g/mol. The van der Waals surface area contributed by atoms with Crippen molar-refractivity contribution in [1.29, 1.82) is 0 Å². The van der Waals surface area contributed by atoms with E-state index in [-0.39, 0.29) is 24.3 Å². The van der Waals surface area contributed by atoms with Crippen molar-refractivity contribution >= 4 is 17.5 Å². The smallest absolute Gasteiger partial charge is 0.243 e. The molecule has 28 heavy (non-hydrogen) atoms. The van der Waals surface area contributed by atoms with Crippen LogP contribution in [-0.4, -0.2) is 39.2 Å². The molecule has 150 valence electrons. The fourth-order valence-electron chi connectivity index (χ4n) is 3.23. The molecule has 1 aliphatic rings. The Balaban J connectivity index is 1.65. The molecule has 2 aromatic rings. The highest BCUT2D eigenvalue weighted by Crippen LogP contribution is 2.24. The lowest BCUT2D eigenvalue weighted by molar-refractivity contribution is -0.125. The van der Waals surface area contributed by atoms with Crippen molar-refractivity contribution in [2.45, 2.75) is 52.1 Å². The van der Waals surface area contributed by atoms with E-state index in [1.54, 1.807) is 0 Å².